The number of rotatable bonds is 7. The zero-order valence-electron chi connectivity index (χ0n) is 14.9. The Labute approximate surface area is 141 Å². The second-order valence-corrected chi connectivity index (χ2v) is 6.40. The molecule has 0 aliphatic carbocycles. The van der Waals surface area contributed by atoms with Crippen LogP contribution in [0.15, 0.2) is 42.1 Å². The van der Waals surface area contributed by atoms with Gasteiger partial charge in [-0.3, -0.25) is 0 Å². The molecule has 0 atom stereocenters. The van der Waals surface area contributed by atoms with Gasteiger partial charge in [-0.1, -0.05) is 23.8 Å². The fraction of sp³-hybridized carbons (Fsp3) is 0.550. The van der Waals surface area contributed by atoms with Crippen LogP contribution < -0.4 is 10.2 Å². The molecule has 1 aromatic rings. The number of anilines is 1. The van der Waals surface area contributed by atoms with Crippen LogP contribution >= 0.6 is 0 Å². The minimum atomic E-state index is 0.668. The molecule has 1 aliphatic rings. The highest BCUT2D eigenvalue weighted by Crippen LogP contribution is 2.19. The van der Waals surface area contributed by atoms with Crippen LogP contribution in [0.3, 0.4) is 0 Å². The minimum Gasteiger partial charge on any atom is -0.356 e. The predicted molar refractivity (Wildman–Crippen MR) is 100 cm³/mol. The van der Waals surface area contributed by atoms with E-state index in [1.807, 2.05) is 6.20 Å². The van der Waals surface area contributed by atoms with E-state index in [-0.39, 0.29) is 0 Å². The van der Waals surface area contributed by atoms with E-state index in [9.17, 15) is 0 Å². The van der Waals surface area contributed by atoms with Crippen molar-refractivity contribution < 1.29 is 0 Å². The summed E-state index contributed by atoms with van der Waals surface area (Å²) in [5.41, 5.74) is 2.74. The van der Waals surface area contributed by atoms with Crippen molar-refractivity contribution in [3.8, 4) is 0 Å². The summed E-state index contributed by atoms with van der Waals surface area (Å²) in [4.78, 5) is 7.00. The van der Waals surface area contributed by atoms with Crippen molar-refractivity contribution in [1.82, 2.24) is 10.3 Å². The van der Waals surface area contributed by atoms with Crippen molar-refractivity contribution in [3.63, 3.8) is 0 Å². The van der Waals surface area contributed by atoms with Crippen LogP contribution in [0.25, 0.3) is 0 Å². The average Bonchev–Trinajstić information content (AvgIpc) is 2.61. The second kappa shape index (κ2) is 9.51. The van der Waals surface area contributed by atoms with E-state index < -0.39 is 0 Å². The van der Waals surface area contributed by atoms with Crippen LogP contribution in [0.1, 0.15) is 45.1 Å². The first kappa shape index (κ1) is 17.7. The lowest BCUT2D eigenvalue weighted by Gasteiger charge is -2.32. The molecular formula is C20H31N3. The Morgan fingerprint density at radius 3 is 2.87 bits per heavy atom. The molecule has 1 saturated heterocycles. The number of pyridine rings is 1. The first-order valence-corrected chi connectivity index (χ1v) is 8.89. The van der Waals surface area contributed by atoms with Crippen LogP contribution in [0.2, 0.25) is 0 Å². The van der Waals surface area contributed by atoms with Crippen molar-refractivity contribution in [2.75, 3.05) is 25.0 Å². The van der Waals surface area contributed by atoms with Crippen LogP contribution in [0.5, 0.6) is 0 Å². The minimum absolute atomic E-state index is 0.668. The van der Waals surface area contributed by atoms with E-state index in [0.717, 1.165) is 31.7 Å². The van der Waals surface area contributed by atoms with Crippen molar-refractivity contribution in [3.05, 3.63) is 47.7 Å². The summed E-state index contributed by atoms with van der Waals surface area (Å²) in [6.45, 7) is 6.43. The van der Waals surface area contributed by atoms with Gasteiger partial charge in [-0.2, -0.15) is 0 Å². The Hall–Kier alpha value is -1.61. The van der Waals surface area contributed by atoms with E-state index in [1.165, 1.54) is 30.4 Å². The van der Waals surface area contributed by atoms with E-state index in [2.05, 4.69) is 66.5 Å². The zero-order valence-corrected chi connectivity index (χ0v) is 14.9. The molecule has 0 radical (unpaired) electrons. The largest absolute Gasteiger partial charge is 0.356 e. The number of nitrogens with one attached hydrogen (secondary N) is 1. The maximum absolute atomic E-state index is 4.58. The summed E-state index contributed by atoms with van der Waals surface area (Å²) in [5.74, 6) is 1.15. The molecule has 126 valence electrons. The number of aryl methyl sites for hydroxylation is 1. The van der Waals surface area contributed by atoms with Crippen molar-refractivity contribution in [2.24, 2.45) is 0 Å². The number of aromatic nitrogens is 1. The van der Waals surface area contributed by atoms with Crippen LogP contribution in [-0.4, -0.2) is 31.2 Å². The van der Waals surface area contributed by atoms with E-state index in [0.29, 0.717) is 6.04 Å². The Balaban J connectivity index is 1.82. The molecule has 1 fully saturated rings. The molecule has 23 heavy (non-hydrogen) atoms. The Kier molecular flexibility index (Phi) is 7.34. The van der Waals surface area contributed by atoms with Gasteiger partial charge in [0.15, 0.2) is 0 Å². The number of nitrogens with zero attached hydrogens (tertiary/aromatic N) is 2. The maximum atomic E-state index is 4.58. The summed E-state index contributed by atoms with van der Waals surface area (Å²) < 4.78 is 0. The SMILES string of the molecule is C/C=C(C)\C=C/CCCc1ccnc(N2CCC(NC)CC2)c1. The molecule has 3 heteroatoms. The summed E-state index contributed by atoms with van der Waals surface area (Å²) in [6.07, 6.45) is 14.5. The van der Waals surface area contributed by atoms with Gasteiger partial charge in [-0.25, -0.2) is 4.98 Å². The number of piperidine rings is 1. The highest BCUT2D eigenvalue weighted by atomic mass is 15.2. The number of allylic oxidation sites excluding steroid dienone is 4. The summed E-state index contributed by atoms with van der Waals surface area (Å²) >= 11 is 0. The van der Waals surface area contributed by atoms with Gasteiger partial charge in [0.25, 0.3) is 0 Å². The third-order valence-electron chi connectivity index (χ3n) is 4.71. The first-order valence-electron chi connectivity index (χ1n) is 8.89. The van der Waals surface area contributed by atoms with Gasteiger partial charge in [0, 0.05) is 25.3 Å². The molecular weight excluding hydrogens is 282 g/mol. The third kappa shape index (κ3) is 5.83. The van der Waals surface area contributed by atoms with Crippen LogP contribution in [-0.2, 0) is 6.42 Å². The van der Waals surface area contributed by atoms with E-state index in [4.69, 9.17) is 0 Å². The van der Waals surface area contributed by atoms with Gasteiger partial charge >= 0.3 is 0 Å². The highest BCUT2D eigenvalue weighted by Gasteiger charge is 2.18. The van der Waals surface area contributed by atoms with Crippen molar-refractivity contribution in [2.45, 2.75) is 52.0 Å². The van der Waals surface area contributed by atoms with Gasteiger partial charge in [0.1, 0.15) is 5.82 Å². The lowest BCUT2D eigenvalue weighted by Crippen LogP contribution is -2.41. The van der Waals surface area contributed by atoms with Gasteiger partial charge in [0.2, 0.25) is 0 Å². The van der Waals surface area contributed by atoms with Crippen molar-refractivity contribution in [1.29, 1.82) is 0 Å². The first-order chi connectivity index (χ1) is 11.2. The molecule has 0 amide bonds. The molecule has 1 N–H and O–H groups in total. The molecule has 1 aromatic heterocycles. The van der Waals surface area contributed by atoms with E-state index >= 15 is 0 Å². The summed E-state index contributed by atoms with van der Waals surface area (Å²) in [5, 5.41) is 3.38. The van der Waals surface area contributed by atoms with Crippen LogP contribution in [0, 0.1) is 0 Å². The highest BCUT2D eigenvalue weighted by molar-refractivity contribution is 5.41. The Morgan fingerprint density at radius 1 is 1.39 bits per heavy atom. The summed E-state index contributed by atoms with van der Waals surface area (Å²) in [7, 11) is 2.06. The number of hydrogen-bond donors (Lipinski definition) is 1. The monoisotopic (exact) mass is 313 g/mol. The lowest BCUT2D eigenvalue weighted by molar-refractivity contribution is 0.441. The molecule has 2 heterocycles. The number of unbranched alkanes of at least 4 members (excludes halogenated alkanes) is 1. The zero-order chi connectivity index (χ0) is 16.5. The molecule has 0 spiro atoms. The molecule has 3 nitrogen and oxygen atoms in total. The topological polar surface area (TPSA) is 28.2 Å². The number of hydrogen-bond acceptors (Lipinski definition) is 3. The van der Waals surface area contributed by atoms with Gasteiger partial charge in [-0.05, 0) is 70.7 Å². The molecule has 1 aliphatic heterocycles. The summed E-state index contributed by atoms with van der Waals surface area (Å²) in [6, 6.07) is 5.10. The molecule has 0 aromatic carbocycles. The molecule has 0 unspecified atom stereocenters. The molecule has 0 saturated carbocycles. The lowest BCUT2D eigenvalue weighted by atomic mass is 10.0. The average molecular weight is 313 g/mol. The maximum Gasteiger partial charge on any atom is 0.128 e. The molecule has 0 bridgehead atoms. The van der Waals surface area contributed by atoms with Crippen molar-refractivity contribution >= 4 is 5.82 Å². The standard InChI is InChI=1S/C20H31N3/c1-4-17(2)8-6-5-7-9-18-10-13-22-20(16-18)23-14-11-19(21-3)12-15-23/h4,6,8,10,13,16,19,21H,5,7,9,11-12,14-15H2,1-3H3/b8-6-,17-4-. The smallest absolute Gasteiger partial charge is 0.128 e. The molecule has 2 rings (SSSR count). The second-order valence-electron chi connectivity index (χ2n) is 6.40. The quantitative estimate of drug-likeness (QED) is 0.606. The van der Waals surface area contributed by atoms with Gasteiger partial charge in [0.05, 0.1) is 0 Å². The third-order valence-corrected chi connectivity index (χ3v) is 4.71. The predicted octanol–water partition coefficient (Wildman–Crippen LogP) is 4.11. The van der Waals surface area contributed by atoms with Gasteiger partial charge < -0.3 is 10.2 Å². The van der Waals surface area contributed by atoms with Crippen LogP contribution in [0.4, 0.5) is 5.82 Å². The normalized spacial score (nSPS) is 17.2. The Bertz CT molecular complexity index is 525. The fourth-order valence-electron chi connectivity index (χ4n) is 2.98. The van der Waals surface area contributed by atoms with E-state index in [1.54, 1.807) is 0 Å². The van der Waals surface area contributed by atoms with Gasteiger partial charge in [-0.15, -0.1) is 0 Å². The Morgan fingerprint density at radius 2 is 2.17 bits per heavy atom. The fourth-order valence-corrected chi connectivity index (χ4v) is 2.98.